The van der Waals surface area contributed by atoms with E-state index in [1.807, 2.05) is 8.95 Å². The van der Waals surface area contributed by atoms with Crippen LogP contribution in [0.1, 0.15) is 20.8 Å². The van der Waals surface area contributed by atoms with Crippen LogP contribution in [0, 0.1) is 0 Å². The molecule has 0 aromatic heterocycles. The van der Waals surface area contributed by atoms with Gasteiger partial charge in [-0.1, -0.05) is 0 Å². The zero-order chi connectivity index (χ0) is 5.21. The van der Waals surface area contributed by atoms with E-state index in [2.05, 4.69) is 20.8 Å². The summed E-state index contributed by atoms with van der Waals surface area (Å²) in [7, 11) is 2.01. The normalized spacial score (nSPS) is 12.0. The summed E-state index contributed by atoms with van der Waals surface area (Å²) >= 11 is 1.32. The van der Waals surface area contributed by atoms with E-state index in [9.17, 15) is 0 Å². The fourth-order valence-corrected chi connectivity index (χ4v) is 0. The molecular formula is C4H10SSn. The Morgan fingerprint density at radius 3 is 1.50 bits per heavy atom. The monoisotopic (exact) mass is 210 g/mol. The van der Waals surface area contributed by atoms with Gasteiger partial charge in [0.25, 0.3) is 0 Å². The van der Waals surface area contributed by atoms with Gasteiger partial charge in [0.1, 0.15) is 0 Å². The first kappa shape index (κ1) is 7.15. The van der Waals surface area contributed by atoms with Gasteiger partial charge in [0, 0.05) is 0 Å². The van der Waals surface area contributed by atoms with Crippen molar-refractivity contribution in [2.45, 2.75) is 25.5 Å². The van der Waals surface area contributed by atoms with Crippen molar-refractivity contribution in [3.05, 3.63) is 0 Å². The molecule has 0 nitrogen and oxygen atoms in total. The summed E-state index contributed by atoms with van der Waals surface area (Å²) < 4.78 is 0.516. The molecule has 0 N–H and O–H groups in total. The van der Waals surface area contributed by atoms with E-state index in [0.717, 1.165) is 0 Å². The third-order valence-corrected chi connectivity index (χ3v) is 7.12. The topological polar surface area (TPSA) is 0 Å². The first-order chi connectivity index (χ1) is 2.56. The Hall–Kier alpha value is 1.15. The van der Waals surface area contributed by atoms with Crippen LogP contribution in [-0.4, -0.2) is 25.9 Å². The summed E-state index contributed by atoms with van der Waals surface area (Å²) in [6.07, 6.45) is 0. The summed E-state index contributed by atoms with van der Waals surface area (Å²) in [5, 5.41) is 0. The molecule has 2 heteroatoms. The molecule has 0 spiro atoms. The first-order valence-corrected chi connectivity index (χ1v) is 6.86. The second-order valence-corrected chi connectivity index (χ2v) is 5.71. The standard InChI is InChI=1S/C4H10S.Sn.H/c1-4(2,3)5;;/h5H,1-3H3;;/q;+1;/p-1. The van der Waals surface area contributed by atoms with E-state index in [1.165, 1.54) is 21.1 Å². The summed E-state index contributed by atoms with van der Waals surface area (Å²) in [5.74, 6) is 0. The molecule has 0 aromatic carbocycles. The molecule has 0 heterocycles. The van der Waals surface area contributed by atoms with Crippen LogP contribution in [-0.2, 0) is 0 Å². The van der Waals surface area contributed by atoms with Crippen molar-refractivity contribution in [2.75, 3.05) is 0 Å². The van der Waals surface area contributed by atoms with Crippen LogP contribution in [0.5, 0.6) is 0 Å². The third-order valence-electron chi connectivity index (χ3n) is 0.354. The summed E-state index contributed by atoms with van der Waals surface area (Å²) in [5.41, 5.74) is 0. The predicted octanol–water partition coefficient (Wildman–Crippen LogP) is 1.33. The van der Waals surface area contributed by atoms with E-state index in [0.29, 0.717) is 4.75 Å². The number of hydrogen-bond donors (Lipinski definition) is 0. The summed E-state index contributed by atoms with van der Waals surface area (Å²) in [6, 6.07) is 0. The molecule has 0 aliphatic carbocycles. The van der Waals surface area contributed by atoms with Crippen molar-refractivity contribution in [1.29, 1.82) is 0 Å². The Bertz CT molecular complexity index is 37.3. The van der Waals surface area contributed by atoms with Crippen LogP contribution >= 0.6 is 8.95 Å². The van der Waals surface area contributed by atoms with Crippen LogP contribution in [0.2, 0.25) is 0 Å². The van der Waals surface area contributed by atoms with Crippen molar-refractivity contribution in [3.63, 3.8) is 0 Å². The molecule has 0 aromatic rings. The Kier molecular flexibility index (Phi) is 2.92. The molecule has 0 unspecified atom stereocenters. The van der Waals surface area contributed by atoms with Gasteiger partial charge in [-0.15, -0.1) is 0 Å². The minimum absolute atomic E-state index is 0.516. The average Bonchev–Trinajstić information content (AvgIpc) is 1.35. The van der Waals surface area contributed by atoms with E-state index in [4.69, 9.17) is 0 Å². The van der Waals surface area contributed by atoms with Crippen LogP contribution in [0.15, 0.2) is 0 Å². The van der Waals surface area contributed by atoms with E-state index in [-0.39, 0.29) is 0 Å². The van der Waals surface area contributed by atoms with E-state index in [1.54, 1.807) is 0 Å². The molecule has 2 radical (unpaired) electrons. The minimum atomic E-state index is 0.516. The van der Waals surface area contributed by atoms with Gasteiger partial charge in [0.2, 0.25) is 0 Å². The quantitative estimate of drug-likeness (QED) is 0.542. The van der Waals surface area contributed by atoms with Crippen molar-refractivity contribution in [1.82, 2.24) is 0 Å². The van der Waals surface area contributed by atoms with Gasteiger partial charge in [0.15, 0.2) is 0 Å². The Labute approximate surface area is 55.6 Å². The molecule has 6 heavy (non-hydrogen) atoms. The molecule has 0 saturated carbocycles. The van der Waals surface area contributed by atoms with E-state index < -0.39 is 0 Å². The van der Waals surface area contributed by atoms with Crippen LogP contribution < -0.4 is 0 Å². The number of rotatable bonds is 0. The molecule has 0 atom stereocenters. The van der Waals surface area contributed by atoms with Gasteiger partial charge in [0.05, 0.1) is 0 Å². The van der Waals surface area contributed by atoms with Gasteiger partial charge in [-0.05, 0) is 0 Å². The van der Waals surface area contributed by atoms with Gasteiger partial charge in [-0.3, -0.25) is 0 Å². The van der Waals surface area contributed by atoms with E-state index >= 15 is 0 Å². The molecule has 0 rings (SSSR count). The molecule has 36 valence electrons. The molecule has 0 saturated heterocycles. The molecular weight excluding hydrogens is 199 g/mol. The third kappa shape index (κ3) is 5.15. The van der Waals surface area contributed by atoms with Gasteiger partial charge in [-0.2, -0.15) is 0 Å². The van der Waals surface area contributed by atoms with Crippen LogP contribution in [0.25, 0.3) is 0 Å². The average molecular weight is 209 g/mol. The molecule has 0 aliphatic heterocycles. The van der Waals surface area contributed by atoms with Crippen molar-refractivity contribution >= 4 is 30.1 Å². The maximum atomic E-state index is 2.24. The molecule has 0 amide bonds. The zero-order valence-corrected chi connectivity index (χ0v) is 8.60. The second kappa shape index (κ2) is 2.45. The Morgan fingerprint density at radius 2 is 1.50 bits per heavy atom. The SMILES string of the molecule is CC(C)(C)[S][SnH]. The van der Waals surface area contributed by atoms with Gasteiger partial charge >= 0.3 is 55.6 Å². The van der Waals surface area contributed by atoms with Crippen molar-refractivity contribution in [2.24, 2.45) is 0 Å². The Balaban J connectivity index is 3.17. The predicted molar refractivity (Wildman–Crippen MR) is 34.5 cm³/mol. The number of hydrogen-bond acceptors (Lipinski definition) is 1. The van der Waals surface area contributed by atoms with Crippen LogP contribution in [0.4, 0.5) is 0 Å². The zero-order valence-electron chi connectivity index (χ0n) is 4.49. The maximum absolute atomic E-state index is 2.24. The van der Waals surface area contributed by atoms with Crippen molar-refractivity contribution in [3.8, 4) is 0 Å². The van der Waals surface area contributed by atoms with Crippen molar-refractivity contribution < 1.29 is 0 Å². The first-order valence-electron chi connectivity index (χ1n) is 1.94. The van der Waals surface area contributed by atoms with Crippen LogP contribution in [0.3, 0.4) is 0 Å². The van der Waals surface area contributed by atoms with Gasteiger partial charge < -0.3 is 0 Å². The molecule has 0 fully saturated rings. The molecule has 0 aliphatic rings. The summed E-state index contributed by atoms with van der Waals surface area (Å²) in [4.78, 5) is 0. The molecule has 0 bridgehead atoms. The second-order valence-electron chi connectivity index (χ2n) is 2.23. The fourth-order valence-electron chi connectivity index (χ4n) is 0. The fraction of sp³-hybridized carbons (Fsp3) is 1.00. The van der Waals surface area contributed by atoms with Gasteiger partial charge in [-0.25, -0.2) is 0 Å². The summed E-state index contributed by atoms with van der Waals surface area (Å²) in [6.45, 7) is 6.72. The Morgan fingerprint density at radius 1 is 1.33 bits per heavy atom.